The van der Waals surface area contributed by atoms with Gasteiger partial charge in [0.2, 0.25) is 0 Å². The zero-order valence-electron chi connectivity index (χ0n) is 11.8. The molecular weight excluding hydrogens is 204 g/mol. The van der Waals surface area contributed by atoms with Crippen LogP contribution in [0.2, 0.25) is 0 Å². The van der Waals surface area contributed by atoms with Crippen molar-refractivity contribution >= 4 is 0 Å². The van der Waals surface area contributed by atoms with Crippen molar-refractivity contribution in [3.63, 3.8) is 0 Å². The lowest BCUT2D eigenvalue weighted by molar-refractivity contribution is 0.637. The third-order valence-corrected chi connectivity index (χ3v) is 2.75. The van der Waals surface area contributed by atoms with Gasteiger partial charge in [0.05, 0.1) is 0 Å². The van der Waals surface area contributed by atoms with Crippen molar-refractivity contribution in [2.45, 2.75) is 71.6 Å². The fraction of sp³-hybridized carbons (Fsp3) is 0.647. The summed E-state index contributed by atoms with van der Waals surface area (Å²) in [6.45, 7) is 4.44. The topological polar surface area (TPSA) is 0 Å². The van der Waals surface area contributed by atoms with Gasteiger partial charge in [0.15, 0.2) is 0 Å². The summed E-state index contributed by atoms with van der Waals surface area (Å²) >= 11 is 0. The molecule has 0 fully saturated rings. The van der Waals surface area contributed by atoms with E-state index in [1.165, 1.54) is 38.5 Å². The summed E-state index contributed by atoms with van der Waals surface area (Å²) in [4.78, 5) is 0. The minimum Gasteiger partial charge on any atom is -0.0885 e. The molecule has 0 N–H and O–H groups in total. The third-order valence-electron chi connectivity index (χ3n) is 2.75. The average Bonchev–Trinajstić information content (AvgIpc) is 2.35. The van der Waals surface area contributed by atoms with Gasteiger partial charge in [-0.05, 0) is 32.1 Å². The molecule has 0 bridgehead atoms. The molecule has 0 aliphatic carbocycles. The van der Waals surface area contributed by atoms with E-state index in [9.17, 15) is 0 Å². The molecule has 0 saturated heterocycles. The monoisotopic (exact) mass is 234 g/mol. The second kappa shape index (κ2) is 15.2. The van der Waals surface area contributed by atoms with E-state index >= 15 is 0 Å². The highest BCUT2D eigenvalue weighted by molar-refractivity contribution is 4.96. The second-order valence-corrected chi connectivity index (χ2v) is 4.50. The van der Waals surface area contributed by atoms with Gasteiger partial charge in [-0.3, -0.25) is 0 Å². The maximum absolute atomic E-state index is 2.33. The molecule has 0 unspecified atom stereocenters. The first-order valence-corrected chi connectivity index (χ1v) is 7.36. The van der Waals surface area contributed by atoms with Crippen LogP contribution in [0.25, 0.3) is 0 Å². The Morgan fingerprint density at radius 2 is 1.18 bits per heavy atom. The molecule has 0 amide bonds. The van der Waals surface area contributed by atoms with Crippen molar-refractivity contribution in [3.8, 4) is 0 Å². The molecule has 98 valence electrons. The highest BCUT2D eigenvalue weighted by Gasteiger charge is 1.85. The molecule has 0 radical (unpaired) electrons. The van der Waals surface area contributed by atoms with Gasteiger partial charge in [-0.1, -0.05) is 76.0 Å². The Morgan fingerprint density at radius 1 is 0.588 bits per heavy atom. The summed E-state index contributed by atoms with van der Waals surface area (Å²) in [6, 6.07) is 0. The predicted octanol–water partition coefficient (Wildman–Crippen LogP) is 6.21. The van der Waals surface area contributed by atoms with Crippen LogP contribution in [-0.2, 0) is 0 Å². The van der Waals surface area contributed by atoms with Crippen molar-refractivity contribution in [1.82, 2.24) is 0 Å². The van der Waals surface area contributed by atoms with E-state index in [0.29, 0.717) is 0 Å². The average molecular weight is 234 g/mol. The van der Waals surface area contributed by atoms with Crippen molar-refractivity contribution in [3.05, 3.63) is 36.5 Å². The summed E-state index contributed by atoms with van der Waals surface area (Å²) in [7, 11) is 0. The van der Waals surface area contributed by atoms with Crippen LogP contribution in [0.5, 0.6) is 0 Å². The molecule has 0 aliphatic heterocycles. The summed E-state index contributed by atoms with van der Waals surface area (Å²) in [6.07, 6.45) is 25.1. The molecule has 0 heteroatoms. The van der Waals surface area contributed by atoms with Gasteiger partial charge in [-0.2, -0.15) is 0 Å². The van der Waals surface area contributed by atoms with Gasteiger partial charge in [0.1, 0.15) is 0 Å². The third kappa shape index (κ3) is 15.2. The number of allylic oxidation sites excluding steroid dienone is 6. The van der Waals surface area contributed by atoms with Crippen molar-refractivity contribution in [1.29, 1.82) is 0 Å². The molecule has 0 saturated carbocycles. The minimum atomic E-state index is 1.08. The van der Waals surface area contributed by atoms with E-state index in [1.807, 2.05) is 0 Å². The smallest absolute Gasteiger partial charge is 0.0169 e. The lowest BCUT2D eigenvalue weighted by atomic mass is 10.1. The number of rotatable bonds is 11. The number of unbranched alkanes of at least 4 members (excludes halogenated alkanes) is 5. The standard InChI is InChI=1S/C17H30/c1-3-5-7-9-11-13-15-17-16-14-12-10-8-6-4-2/h5,7,11,13,16-17H,3-4,6,8-10,12,14-15H2,1-2H3/b7-5?,13-11?,17-16-. The van der Waals surface area contributed by atoms with E-state index in [1.54, 1.807) is 0 Å². The highest BCUT2D eigenvalue weighted by Crippen LogP contribution is 2.05. The lowest BCUT2D eigenvalue weighted by Gasteiger charge is -1.95. The van der Waals surface area contributed by atoms with E-state index in [-0.39, 0.29) is 0 Å². The van der Waals surface area contributed by atoms with E-state index < -0.39 is 0 Å². The molecule has 0 atom stereocenters. The van der Waals surface area contributed by atoms with E-state index in [4.69, 9.17) is 0 Å². The Balaban J connectivity index is 3.21. The summed E-state index contributed by atoms with van der Waals surface area (Å²) < 4.78 is 0. The van der Waals surface area contributed by atoms with Crippen LogP contribution in [-0.4, -0.2) is 0 Å². The molecule has 0 aromatic carbocycles. The molecular formula is C17H30. The molecule has 0 heterocycles. The lowest BCUT2D eigenvalue weighted by Crippen LogP contribution is -1.75. The van der Waals surface area contributed by atoms with Crippen molar-refractivity contribution in [2.24, 2.45) is 0 Å². The van der Waals surface area contributed by atoms with Gasteiger partial charge in [0, 0.05) is 0 Å². The fourth-order valence-corrected chi connectivity index (χ4v) is 1.69. The summed E-state index contributed by atoms with van der Waals surface area (Å²) in [5, 5.41) is 0. The predicted molar refractivity (Wildman–Crippen MR) is 80.3 cm³/mol. The van der Waals surface area contributed by atoms with Crippen LogP contribution in [0, 0.1) is 0 Å². The summed E-state index contributed by atoms with van der Waals surface area (Å²) in [5.74, 6) is 0. The van der Waals surface area contributed by atoms with E-state index in [0.717, 1.165) is 19.3 Å². The molecule has 17 heavy (non-hydrogen) atoms. The first kappa shape index (κ1) is 16.2. The largest absolute Gasteiger partial charge is 0.0885 e. The quantitative estimate of drug-likeness (QED) is 0.295. The second-order valence-electron chi connectivity index (χ2n) is 4.50. The van der Waals surface area contributed by atoms with Crippen LogP contribution < -0.4 is 0 Å². The van der Waals surface area contributed by atoms with Gasteiger partial charge in [-0.15, -0.1) is 0 Å². The zero-order valence-corrected chi connectivity index (χ0v) is 11.8. The van der Waals surface area contributed by atoms with Gasteiger partial charge < -0.3 is 0 Å². The Hall–Kier alpha value is -0.780. The minimum absolute atomic E-state index is 1.08. The molecule has 0 aromatic heterocycles. The molecule has 0 nitrogen and oxygen atoms in total. The molecule has 0 aliphatic rings. The van der Waals surface area contributed by atoms with Gasteiger partial charge in [0.25, 0.3) is 0 Å². The summed E-state index contributed by atoms with van der Waals surface area (Å²) in [5.41, 5.74) is 0. The highest BCUT2D eigenvalue weighted by atomic mass is 13.9. The first-order valence-electron chi connectivity index (χ1n) is 7.36. The van der Waals surface area contributed by atoms with Crippen LogP contribution in [0.1, 0.15) is 71.6 Å². The van der Waals surface area contributed by atoms with Crippen molar-refractivity contribution in [2.75, 3.05) is 0 Å². The normalized spacial score (nSPS) is 12.4. The SMILES string of the molecule is CCC=CCC=CC/C=C\CCCCCCC. The van der Waals surface area contributed by atoms with Crippen LogP contribution in [0.4, 0.5) is 0 Å². The Labute approximate surface area is 109 Å². The molecule has 0 spiro atoms. The van der Waals surface area contributed by atoms with Gasteiger partial charge in [-0.25, -0.2) is 0 Å². The van der Waals surface area contributed by atoms with Crippen LogP contribution >= 0.6 is 0 Å². The zero-order chi connectivity index (χ0) is 12.6. The molecule has 0 aromatic rings. The van der Waals surface area contributed by atoms with E-state index in [2.05, 4.69) is 50.3 Å². The number of hydrogen-bond donors (Lipinski definition) is 0. The molecule has 0 rings (SSSR count). The maximum atomic E-state index is 2.33. The Morgan fingerprint density at radius 3 is 1.82 bits per heavy atom. The number of hydrogen-bond acceptors (Lipinski definition) is 0. The van der Waals surface area contributed by atoms with Crippen LogP contribution in [0.15, 0.2) is 36.5 Å². The van der Waals surface area contributed by atoms with Crippen LogP contribution in [0.3, 0.4) is 0 Å². The van der Waals surface area contributed by atoms with Gasteiger partial charge >= 0.3 is 0 Å². The first-order chi connectivity index (χ1) is 8.41. The maximum Gasteiger partial charge on any atom is -0.0169 e. The van der Waals surface area contributed by atoms with Crippen molar-refractivity contribution < 1.29 is 0 Å². The fourth-order valence-electron chi connectivity index (χ4n) is 1.69. The Bertz CT molecular complexity index is 208. The Kier molecular flexibility index (Phi) is 14.5.